The van der Waals surface area contributed by atoms with Crippen LogP contribution in [0.3, 0.4) is 0 Å². The maximum atomic E-state index is 13.5. The molecule has 0 radical (unpaired) electrons. The molecule has 11 heteroatoms. The maximum absolute atomic E-state index is 13.5. The van der Waals surface area contributed by atoms with E-state index in [2.05, 4.69) is 20.9 Å². The zero-order chi connectivity index (χ0) is 32.6. The molecule has 5 aromatic rings. The Morgan fingerprint density at radius 3 is 2.39 bits per heavy atom. The van der Waals surface area contributed by atoms with Crippen molar-refractivity contribution in [1.29, 1.82) is 0 Å². The van der Waals surface area contributed by atoms with Crippen LogP contribution in [-0.2, 0) is 9.59 Å². The van der Waals surface area contributed by atoms with Crippen LogP contribution < -0.4 is 16.0 Å². The molecule has 0 saturated carbocycles. The van der Waals surface area contributed by atoms with Crippen LogP contribution in [0.2, 0.25) is 10.0 Å². The van der Waals surface area contributed by atoms with Gasteiger partial charge in [0.1, 0.15) is 5.70 Å². The highest BCUT2D eigenvalue weighted by molar-refractivity contribution is 8.00. The standard InChI is InChI=1S/C35H28Cl2N4O3S2/c1-21-11-13-23(14-12-21)31-20-45-35(40-31)41-32(42)22(2)46-28-10-6-9-27(19-28)38-34(44)30(17-25-15-16-26(36)18-29(25)37)39-33(43)24-7-4-3-5-8-24/h3-20,22H,1-2H3,(H,38,44)(H,39,43)(H,40,41,42)/b30-17+. The predicted octanol–water partition coefficient (Wildman–Crippen LogP) is 8.95. The Labute approximate surface area is 285 Å². The summed E-state index contributed by atoms with van der Waals surface area (Å²) in [5, 5.41) is 11.2. The summed E-state index contributed by atoms with van der Waals surface area (Å²) < 4.78 is 0. The molecule has 0 aliphatic heterocycles. The fourth-order valence-corrected chi connectivity index (χ4v) is 6.33. The van der Waals surface area contributed by atoms with Gasteiger partial charge >= 0.3 is 0 Å². The molecule has 4 aromatic carbocycles. The molecule has 0 spiro atoms. The number of aromatic nitrogens is 1. The zero-order valence-electron chi connectivity index (χ0n) is 24.7. The quantitative estimate of drug-likeness (QED) is 0.101. The van der Waals surface area contributed by atoms with Crippen molar-refractivity contribution < 1.29 is 14.4 Å². The number of thiazole rings is 1. The Morgan fingerprint density at radius 1 is 0.891 bits per heavy atom. The first-order valence-corrected chi connectivity index (χ1v) is 16.6. The summed E-state index contributed by atoms with van der Waals surface area (Å²) in [7, 11) is 0. The van der Waals surface area contributed by atoms with E-state index >= 15 is 0 Å². The number of amides is 3. The van der Waals surface area contributed by atoms with Gasteiger partial charge in [0.15, 0.2) is 5.13 Å². The summed E-state index contributed by atoms with van der Waals surface area (Å²) in [5.41, 5.74) is 4.30. The minimum atomic E-state index is -0.559. The molecular weight excluding hydrogens is 659 g/mol. The highest BCUT2D eigenvalue weighted by Crippen LogP contribution is 2.29. The molecule has 0 aliphatic rings. The zero-order valence-corrected chi connectivity index (χ0v) is 27.9. The van der Waals surface area contributed by atoms with E-state index in [1.165, 1.54) is 29.2 Å². The summed E-state index contributed by atoms with van der Waals surface area (Å²) in [6.07, 6.45) is 1.49. The molecule has 0 bridgehead atoms. The van der Waals surface area contributed by atoms with Crippen molar-refractivity contribution in [2.75, 3.05) is 10.6 Å². The molecule has 1 unspecified atom stereocenters. The van der Waals surface area contributed by atoms with Crippen LogP contribution in [0.4, 0.5) is 10.8 Å². The number of thioether (sulfide) groups is 1. The molecule has 0 fully saturated rings. The van der Waals surface area contributed by atoms with Gasteiger partial charge in [0.05, 0.1) is 10.9 Å². The van der Waals surface area contributed by atoms with E-state index < -0.39 is 17.1 Å². The van der Waals surface area contributed by atoms with E-state index in [1.807, 2.05) is 42.6 Å². The second-order valence-electron chi connectivity index (χ2n) is 10.2. The number of anilines is 2. The van der Waals surface area contributed by atoms with Crippen LogP contribution in [0.15, 0.2) is 113 Å². The molecule has 0 saturated heterocycles. The third-order valence-corrected chi connectivity index (χ3v) is 9.06. The second-order valence-corrected chi connectivity index (χ2v) is 13.3. The summed E-state index contributed by atoms with van der Waals surface area (Å²) in [4.78, 5) is 44.8. The van der Waals surface area contributed by atoms with Gasteiger partial charge in [-0.25, -0.2) is 4.98 Å². The summed E-state index contributed by atoms with van der Waals surface area (Å²) >= 11 is 15.1. The molecule has 3 N–H and O–H groups in total. The lowest BCUT2D eigenvalue weighted by Crippen LogP contribution is -2.30. The molecule has 1 aromatic heterocycles. The number of nitrogens with zero attached hydrogens (tertiary/aromatic N) is 1. The molecule has 5 rings (SSSR count). The van der Waals surface area contributed by atoms with Gasteiger partial charge in [0, 0.05) is 37.1 Å². The third kappa shape index (κ3) is 8.86. The minimum Gasteiger partial charge on any atom is -0.321 e. The Balaban J connectivity index is 1.26. The first-order chi connectivity index (χ1) is 22.1. The van der Waals surface area contributed by atoms with Crippen LogP contribution in [0.1, 0.15) is 28.4 Å². The number of rotatable bonds is 10. The van der Waals surface area contributed by atoms with Crippen molar-refractivity contribution in [1.82, 2.24) is 10.3 Å². The van der Waals surface area contributed by atoms with E-state index in [-0.39, 0.29) is 11.6 Å². The molecule has 7 nitrogen and oxygen atoms in total. The summed E-state index contributed by atoms with van der Waals surface area (Å²) in [6, 6.07) is 28.6. The predicted molar refractivity (Wildman–Crippen MR) is 190 cm³/mol. The molecule has 0 aliphatic carbocycles. The molecule has 1 heterocycles. The number of hydrogen-bond acceptors (Lipinski definition) is 6. The Bertz CT molecular complexity index is 1910. The van der Waals surface area contributed by atoms with Gasteiger partial charge in [-0.3, -0.25) is 14.4 Å². The maximum Gasteiger partial charge on any atom is 0.272 e. The van der Waals surface area contributed by atoms with E-state index in [4.69, 9.17) is 23.2 Å². The van der Waals surface area contributed by atoms with E-state index in [9.17, 15) is 14.4 Å². The third-order valence-electron chi connectivity index (χ3n) is 6.65. The first-order valence-electron chi connectivity index (χ1n) is 14.1. The number of benzene rings is 4. The van der Waals surface area contributed by atoms with Crippen LogP contribution in [0.25, 0.3) is 17.3 Å². The van der Waals surface area contributed by atoms with Crippen molar-refractivity contribution in [3.05, 3.63) is 135 Å². The van der Waals surface area contributed by atoms with Crippen molar-refractivity contribution in [3.8, 4) is 11.3 Å². The van der Waals surface area contributed by atoms with Gasteiger partial charge in [-0.15, -0.1) is 23.1 Å². The van der Waals surface area contributed by atoms with Gasteiger partial charge in [-0.05, 0) is 68.0 Å². The van der Waals surface area contributed by atoms with Crippen LogP contribution >= 0.6 is 46.3 Å². The number of carbonyl (C=O) groups is 3. The monoisotopic (exact) mass is 686 g/mol. The molecule has 1 atom stereocenters. The van der Waals surface area contributed by atoms with Crippen LogP contribution in [-0.4, -0.2) is 28.0 Å². The number of halogens is 2. The molecule has 232 valence electrons. The number of nitrogens with one attached hydrogen (secondary N) is 3. The second kappa shape index (κ2) is 15.2. The van der Waals surface area contributed by atoms with E-state index in [0.29, 0.717) is 32.0 Å². The van der Waals surface area contributed by atoms with Crippen molar-refractivity contribution in [3.63, 3.8) is 0 Å². The Hall–Kier alpha value is -4.41. The van der Waals surface area contributed by atoms with Gasteiger partial charge in [-0.2, -0.15) is 0 Å². The highest BCUT2D eigenvalue weighted by atomic mass is 35.5. The number of carbonyl (C=O) groups excluding carboxylic acids is 3. The lowest BCUT2D eigenvalue weighted by Gasteiger charge is -2.14. The van der Waals surface area contributed by atoms with Gasteiger partial charge in [0.2, 0.25) is 5.91 Å². The highest BCUT2D eigenvalue weighted by Gasteiger charge is 2.19. The topological polar surface area (TPSA) is 100 Å². The fraction of sp³-hybridized carbons (Fsp3) is 0.0857. The Kier molecular flexibility index (Phi) is 10.9. The van der Waals surface area contributed by atoms with Crippen molar-refractivity contribution >= 4 is 80.9 Å². The van der Waals surface area contributed by atoms with Gasteiger partial charge in [0.25, 0.3) is 11.8 Å². The number of aryl methyl sites for hydroxylation is 1. The lowest BCUT2D eigenvalue weighted by molar-refractivity contribution is -0.115. The first kappa shape index (κ1) is 33.0. The Morgan fingerprint density at radius 2 is 1.65 bits per heavy atom. The molecular formula is C35H28Cl2N4O3S2. The molecule has 46 heavy (non-hydrogen) atoms. The fourth-order valence-electron chi connectivity index (χ4n) is 4.21. The van der Waals surface area contributed by atoms with E-state index in [1.54, 1.807) is 73.7 Å². The SMILES string of the molecule is Cc1ccc(-c2csc(NC(=O)C(C)Sc3cccc(NC(=O)/C(=C\c4ccc(Cl)cc4Cl)NC(=O)c4ccccc4)c3)n2)cc1. The van der Waals surface area contributed by atoms with Gasteiger partial charge < -0.3 is 16.0 Å². The lowest BCUT2D eigenvalue weighted by atomic mass is 10.1. The van der Waals surface area contributed by atoms with E-state index in [0.717, 1.165) is 21.7 Å². The van der Waals surface area contributed by atoms with Crippen LogP contribution in [0.5, 0.6) is 0 Å². The number of hydrogen-bond donors (Lipinski definition) is 3. The molecule has 3 amide bonds. The smallest absolute Gasteiger partial charge is 0.272 e. The summed E-state index contributed by atoms with van der Waals surface area (Å²) in [5.74, 6) is -1.21. The van der Waals surface area contributed by atoms with Crippen molar-refractivity contribution in [2.24, 2.45) is 0 Å². The normalized spacial score (nSPS) is 11.9. The largest absolute Gasteiger partial charge is 0.321 e. The van der Waals surface area contributed by atoms with Crippen LogP contribution in [0, 0.1) is 6.92 Å². The van der Waals surface area contributed by atoms with Gasteiger partial charge in [-0.1, -0.05) is 83.4 Å². The average Bonchev–Trinajstić information content (AvgIpc) is 3.51. The minimum absolute atomic E-state index is 0.0164. The van der Waals surface area contributed by atoms with Crippen molar-refractivity contribution in [2.45, 2.75) is 24.0 Å². The average molecular weight is 688 g/mol. The summed E-state index contributed by atoms with van der Waals surface area (Å²) in [6.45, 7) is 3.83.